The molecule has 3 nitrogen and oxygen atoms in total. The lowest BCUT2D eigenvalue weighted by atomic mass is 10.1. The fraction of sp³-hybridized carbons (Fsp3) is 0.556. The van der Waals surface area contributed by atoms with E-state index in [1.165, 1.54) is 12.8 Å². The third kappa shape index (κ3) is 2.49. The quantitative estimate of drug-likeness (QED) is 0.500. The molecule has 3 heteroatoms. The first-order valence-corrected chi connectivity index (χ1v) is 4.38. The predicted octanol–water partition coefficient (Wildman–Crippen LogP) is 1.61. The zero-order chi connectivity index (χ0) is 8.81. The minimum Gasteiger partial charge on any atom is -0.267 e. The third-order valence-corrected chi connectivity index (χ3v) is 1.80. The van der Waals surface area contributed by atoms with Crippen molar-refractivity contribution in [2.45, 2.75) is 32.6 Å². The van der Waals surface area contributed by atoms with Gasteiger partial charge in [-0.25, -0.2) is 5.43 Å². The predicted molar refractivity (Wildman–Crippen MR) is 48.9 cm³/mol. The normalized spacial score (nSPS) is 18.8. The van der Waals surface area contributed by atoms with Crippen LogP contribution < -0.4 is 5.43 Å². The lowest BCUT2D eigenvalue weighted by molar-refractivity contribution is -0.116. The highest BCUT2D eigenvalue weighted by Gasteiger charge is 2.10. The molecule has 1 N–H and O–H groups in total. The van der Waals surface area contributed by atoms with Gasteiger partial charge in [0.05, 0.1) is 11.8 Å². The number of unbranched alkanes of at least 4 members (excludes halogenated alkanes) is 3. The van der Waals surface area contributed by atoms with Gasteiger partial charge in [0.15, 0.2) is 0 Å². The molecule has 1 aliphatic rings. The number of nitrogens with zero attached hydrogens (tertiary/aromatic N) is 1. The van der Waals surface area contributed by atoms with E-state index in [4.69, 9.17) is 0 Å². The molecule has 1 aliphatic heterocycles. The molecule has 1 amide bonds. The molecule has 0 fully saturated rings. The molecule has 0 aliphatic carbocycles. The third-order valence-electron chi connectivity index (χ3n) is 1.80. The van der Waals surface area contributed by atoms with Gasteiger partial charge < -0.3 is 0 Å². The van der Waals surface area contributed by atoms with Gasteiger partial charge in [-0.2, -0.15) is 5.10 Å². The van der Waals surface area contributed by atoms with Gasteiger partial charge in [-0.05, 0) is 12.8 Å². The van der Waals surface area contributed by atoms with Crippen LogP contribution in [-0.2, 0) is 4.79 Å². The van der Waals surface area contributed by atoms with E-state index in [9.17, 15) is 4.79 Å². The smallest absolute Gasteiger partial charge is 0.267 e. The van der Waals surface area contributed by atoms with E-state index in [0.29, 0.717) is 5.57 Å². The molecule has 0 unspecified atom stereocenters. The average molecular weight is 166 g/mol. The minimum absolute atomic E-state index is 0.0773. The monoisotopic (exact) mass is 166 g/mol. The Kier molecular flexibility index (Phi) is 3.51. The van der Waals surface area contributed by atoms with Crippen molar-refractivity contribution in [3.05, 3.63) is 11.6 Å². The van der Waals surface area contributed by atoms with Crippen LogP contribution in [-0.4, -0.2) is 12.1 Å². The highest BCUT2D eigenvalue weighted by atomic mass is 16.2. The molecule has 0 spiro atoms. The van der Waals surface area contributed by atoms with Crippen LogP contribution >= 0.6 is 0 Å². The molecule has 1 heterocycles. The molecule has 66 valence electrons. The Hall–Kier alpha value is -1.12. The summed E-state index contributed by atoms with van der Waals surface area (Å²) in [6.45, 7) is 2.16. The maximum atomic E-state index is 10.9. The summed E-state index contributed by atoms with van der Waals surface area (Å²) in [6.07, 6.45) is 8.09. The number of carbonyl (C=O) groups is 1. The maximum Gasteiger partial charge on any atom is 0.272 e. The van der Waals surface area contributed by atoms with Crippen molar-refractivity contribution >= 4 is 12.1 Å². The molecule has 0 aromatic rings. The summed E-state index contributed by atoms with van der Waals surface area (Å²) in [5.41, 5.74) is 3.07. The number of hydrazone groups is 1. The molecule has 12 heavy (non-hydrogen) atoms. The molecule has 0 saturated carbocycles. The number of allylic oxidation sites excluding steroid dienone is 1. The second kappa shape index (κ2) is 4.70. The van der Waals surface area contributed by atoms with E-state index in [2.05, 4.69) is 17.5 Å². The van der Waals surface area contributed by atoms with Gasteiger partial charge in [0, 0.05) is 0 Å². The van der Waals surface area contributed by atoms with Crippen molar-refractivity contribution in [2.75, 3.05) is 0 Å². The molecule has 0 bridgehead atoms. The summed E-state index contributed by atoms with van der Waals surface area (Å²) in [7, 11) is 0. The second-order valence-electron chi connectivity index (χ2n) is 2.85. The largest absolute Gasteiger partial charge is 0.272 e. The lowest BCUT2D eigenvalue weighted by Gasteiger charge is -1.93. The Morgan fingerprint density at radius 2 is 2.42 bits per heavy atom. The van der Waals surface area contributed by atoms with Gasteiger partial charge in [-0.1, -0.05) is 25.8 Å². The van der Waals surface area contributed by atoms with Gasteiger partial charge in [0.2, 0.25) is 0 Å². The summed E-state index contributed by atoms with van der Waals surface area (Å²) in [5, 5.41) is 3.65. The lowest BCUT2D eigenvalue weighted by Crippen LogP contribution is -2.11. The molecular weight excluding hydrogens is 152 g/mol. The first-order valence-electron chi connectivity index (χ1n) is 4.38. The fourth-order valence-corrected chi connectivity index (χ4v) is 1.08. The summed E-state index contributed by atoms with van der Waals surface area (Å²) in [5.74, 6) is -0.0773. The molecule has 0 radical (unpaired) electrons. The first kappa shape index (κ1) is 8.97. The Morgan fingerprint density at radius 3 is 3.00 bits per heavy atom. The summed E-state index contributed by atoms with van der Waals surface area (Å²) in [6, 6.07) is 0. The number of rotatable bonds is 4. The van der Waals surface area contributed by atoms with Crippen LogP contribution in [0.4, 0.5) is 0 Å². The van der Waals surface area contributed by atoms with E-state index in [-0.39, 0.29) is 5.91 Å². The van der Waals surface area contributed by atoms with Gasteiger partial charge in [0.1, 0.15) is 0 Å². The summed E-state index contributed by atoms with van der Waals surface area (Å²) < 4.78 is 0. The standard InChI is InChI=1S/C9H14N2O/c1-2-3-4-5-6-8-7-10-11-9(8)12/h6-7H,2-5H2,1H3,(H,11,12). The van der Waals surface area contributed by atoms with Crippen LogP contribution in [0.25, 0.3) is 0 Å². The summed E-state index contributed by atoms with van der Waals surface area (Å²) in [4.78, 5) is 10.9. The van der Waals surface area contributed by atoms with Crippen LogP contribution in [0.2, 0.25) is 0 Å². The summed E-state index contributed by atoms with van der Waals surface area (Å²) >= 11 is 0. The van der Waals surface area contributed by atoms with Crippen molar-refractivity contribution in [1.82, 2.24) is 5.43 Å². The molecule has 0 aromatic heterocycles. The van der Waals surface area contributed by atoms with Crippen LogP contribution in [0.3, 0.4) is 0 Å². The van der Waals surface area contributed by atoms with E-state index in [1.807, 2.05) is 6.08 Å². The molecule has 0 aromatic carbocycles. The molecule has 0 saturated heterocycles. The maximum absolute atomic E-state index is 10.9. The van der Waals surface area contributed by atoms with E-state index < -0.39 is 0 Å². The van der Waals surface area contributed by atoms with Crippen molar-refractivity contribution in [1.29, 1.82) is 0 Å². The zero-order valence-electron chi connectivity index (χ0n) is 7.34. The Labute approximate surface area is 72.5 Å². The number of amides is 1. The van der Waals surface area contributed by atoms with Gasteiger partial charge >= 0.3 is 0 Å². The van der Waals surface area contributed by atoms with Crippen LogP contribution in [0, 0.1) is 0 Å². The van der Waals surface area contributed by atoms with Crippen molar-refractivity contribution in [3.8, 4) is 0 Å². The number of carbonyl (C=O) groups excluding carboxylic acids is 1. The van der Waals surface area contributed by atoms with E-state index >= 15 is 0 Å². The number of hydrogen-bond acceptors (Lipinski definition) is 2. The second-order valence-corrected chi connectivity index (χ2v) is 2.85. The van der Waals surface area contributed by atoms with Gasteiger partial charge in [0.25, 0.3) is 5.91 Å². The number of nitrogens with one attached hydrogen (secondary N) is 1. The molecular formula is C9H14N2O. The number of hydrogen-bond donors (Lipinski definition) is 1. The SMILES string of the molecule is CCCCCC=C1C=NNC1=O. The topological polar surface area (TPSA) is 41.5 Å². The van der Waals surface area contributed by atoms with Crippen molar-refractivity contribution in [2.24, 2.45) is 5.10 Å². The van der Waals surface area contributed by atoms with Crippen molar-refractivity contribution in [3.63, 3.8) is 0 Å². The van der Waals surface area contributed by atoms with E-state index in [1.54, 1.807) is 6.21 Å². The Bertz CT molecular complexity index is 219. The van der Waals surface area contributed by atoms with Gasteiger partial charge in [-0.15, -0.1) is 0 Å². The van der Waals surface area contributed by atoms with Crippen LogP contribution in [0.15, 0.2) is 16.8 Å². The van der Waals surface area contributed by atoms with Crippen LogP contribution in [0.1, 0.15) is 32.6 Å². The minimum atomic E-state index is -0.0773. The highest BCUT2D eigenvalue weighted by molar-refractivity contribution is 6.15. The fourth-order valence-electron chi connectivity index (χ4n) is 1.08. The highest BCUT2D eigenvalue weighted by Crippen LogP contribution is 2.04. The Balaban J connectivity index is 2.27. The first-order chi connectivity index (χ1) is 5.84. The van der Waals surface area contributed by atoms with Gasteiger partial charge in [-0.3, -0.25) is 4.79 Å². The van der Waals surface area contributed by atoms with Crippen LogP contribution in [0.5, 0.6) is 0 Å². The average Bonchev–Trinajstić information content (AvgIpc) is 2.46. The molecule has 0 atom stereocenters. The van der Waals surface area contributed by atoms with Crippen molar-refractivity contribution < 1.29 is 4.79 Å². The zero-order valence-corrected chi connectivity index (χ0v) is 7.34. The van der Waals surface area contributed by atoms with E-state index in [0.717, 1.165) is 12.8 Å². The Morgan fingerprint density at radius 1 is 1.58 bits per heavy atom. The molecule has 1 rings (SSSR count).